The van der Waals surface area contributed by atoms with Gasteiger partial charge in [0.2, 0.25) is 0 Å². The lowest BCUT2D eigenvalue weighted by molar-refractivity contribution is 0.360. The molecule has 2 rings (SSSR count). The largest absolute Gasteiger partial charge is 0.330 e. The Balaban J connectivity index is 2.05. The zero-order valence-electron chi connectivity index (χ0n) is 9.91. The zero-order valence-corrected chi connectivity index (χ0v) is 10.7. The topological polar surface area (TPSA) is 90.9 Å². The summed E-state index contributed by atoms with van der Waals surface area (Å²) in [6.45, 7) is 0.493. The SMILES string of the molecule is Cn1ncnc1CC(CN)C1CCS(=O)(=O)C1. The van der Waals surface area contributed by atoms with Crippen molar-refractivity contribution in [3.63, 3.8) is 0 Å². The molecule has 0 spiro atoms. The fourth-order valence-corrected chi connectivity index (χ4v) is 4.30. The maximum Gasteiger partial charge on any atom is 0.150 e. The summed E-state index contributed by atoms with van der Waals surface area (Å²) in [6.07, 6.45) is 2.93. The molecule has 2 unspecified atom stereocenters. The Kier molecular flexibility index (Phi) is 3.48. The summed E-state index contributed by atoms with van der Waals surface area (Å²) in [4.78, 5) is 4.16. The highest BCUT2D eigenvalue weighted by atomic mass is 32.2. The fraction of sp³-hybridized carbons (Fsp3) is 0.800. The van der Waals surface area contributed by atoms with E-state index in [1.54, 1.807) is 4.68 Å². The Labute approximate surface area is 101 Å². The van der Waals surface area contributed by atoms with Crippen molar-refractivity contribution in [1.82, 2.24) is 14.8 Å². The predicted octanol–water partition coefficient (Wildman–Crippen LogP) is -0.633. The van der Waals surface area contributed by atoms with Gasteiger partial charge in [-0.15, -0.1) is 0 Å². The highest BCUT2D eigenvalue weighted by Gasteiger charge is 2.33. The van der Waals surface area contributed by atoms with Crippen molar-refractivity contribution in [3.05, 3.63) is 12.2 Å². The number of hydrogen-bond acceptors (Lipinski definition) is 5. The molecule has 1 aromatic rings. The number of nitrogens with zero attached hydrogens (tertiary/aromatic N) is 3. The number of nitrogens with two attached hydrogens (primary N) is 1. The smallest absolute Gasteiger partial charge is 0.150 e. The number of hydrogen-bond donors (Lipinski definition) is 1. The van der Waals surface area contributed by atoms with Gasteiger partial charge in [0.1, 0.15) is 12.2 Å². The Morgan fingerprint density at radius 3 is 2.88 bits per heavy atom. The van der Waals surface area contributed by atoms with Gasteiger partial charge in [-0.2, -0.15) is 5.10 Å². The van der Waals surface area contributed by atoms with Crippen molar-refractivity contribution in [3.8, 4) is 0 Å². The van der Waals surface area contributed by atoms with Crippen molar-refractivity contribution in [2.24, 2.45) is 24.6 Å². The van der Waals surface area contributed by atoms with Gasteiger partial charge in [0.25, 0.3) is 0 Å². The highest BCUT2D eigenvalue weighted by Crippen LogP contribution is 2.27. The van der Waals surface area contributed by atoms with Crippen LogP contribution in [-0.2, 0) is 23.3 Å². The van der Waals surface area contributed by atoms with E-state index in [0.717, 1.165) is 12.2 Å². The first-order valence-corrected chi connectivity index (χ1v) is 7.57. The van der Waals surface area contributed by atoms with Crippen molar-refractivity contribution in [1.29, 1.82) is 0 Å². The summed E-state index contributed by atoms with van der Waals surface area (Å²) < 4.78 is 24.6. The maximum absolute atomic E-state index is 11.5. The van der Waals surface area contributed by atoms with Crippen LogP contribution in [0.1, 0.15) is 12.2 Å². The van der Waals surface area contributed by atoms with E-state index in [1.165, 1.54) is 6.33 Å². The first-order chi connectivity index (χ1) is 8.02. The number of sulfone groups is 1. The van der Waals surface area contributed by atoms with Crippen LogP contribution in [0, 0.1) is 11.8 Å². The molecule has 2 N–H and O–H groups in total. The summed E-state index contributed by atoms with van der Waals surface area (Å²) in [5, 5.41) is 4.01. The average molecular weight is 258 g/mol. The Hall–Kier alpha value is -0.950. The van der Waals surface area contributed by atoms with Gasteiger partial charge in [0, 0.05) is 13.5 Å². The minimum Gasteiger partial charge on any atom is -0.330 e. The summed E-state index contributed by atoms with van der Waals surface area (Å²) in [5.41, 5.74) is 5.76. The molecule has 1 fully saturated rings. The lowest BCUT2D eigenvalue weighted by Crippen LogP contribution is -2.27. The van der Waals surface area contributed by atoms with E-state index in [4.69, 9.17) is 5.73 Å². The van der Waals surface area contributed by atoms with Crippen molar-refractivity contribution in [2.45, 2.75) is 12.8 Å². The van der Waals surface area contributed by atoms with Crippen LogP contribution >= 0.6 is 0 Å². The van der Waals surface area contributed by atoms with Gasteiger partial charge >= 0.3 is 0 Å². The van der Waals surface area contributed by atoms with Crippen LogP contribution in [0.3, 0.4) is 0 Å². The van der Waals surface area contributed by atoms with Crippen molar-refractivity contribution in [2.75, 3.05) is 18.1 Å². The van der Waals surface area contributed by atoms with E-state index in [1.807, 2.05) is 7.05 Å². The summed E-state index contributed by atoms with van der Waals surface area (Å²) in [7, 11) is -1.00. The fourth-order valence-electron chi connectivity index (χ4n) is 2.38. The van der Waals surface area contributed by atoms with E-state index in [-0.39, 0.29) is 17.6 Å². The second-order valence-electron chi connectivity index (χ2n) is 4.66. The number of aryl methyl sites for hydroxylation is 1. The quantitative estimate of drug-likeness (QED) is 0.776. The average Bonchev–Trinajstić information content (AvgIpc) is 2.82. The molecule has 0 aliphatic carbocycles. The van der Waals surface area contributed by atoms with Gasteiger partial charge < -0.3 is 5.73 Å². The molecule has 1 aromatic heterocycles. The lowest BCUT2D eigenvalue weighted by atomic mass is 9.89. The second-order valence-corrected chi connectivity index (χ2v) is 6.89. The molecule has 6 nitrogen and oxygen atoms in total. The van der Waals surface area contributed by atoms with E-state index in [9.17, 15) is 8.42 Å². The molecule has 0 aromatic carbocycles. The van der Waals surface area contributed by atoms with Gasteiger partial charge in [0.05, 0.1) is 11.5 Å². The molecule has 1 aliphatic heterocycles. The van der Waals surface area contributed by atoms with E-state index >= 15 is 0 Å². The normalized spacial score (nSPS) is 24.9. The first-order valence-electron chi connectivity index (χ1n) is 5.75. The summed E-state index contributed by atoms with van der Waals surface area (Å²) in [5.74, 6) is 1.78. The Morgan fingerprint density at radius 1 is 1.65 bits per heavy atom. The van der Waals surface area contributed by atoms with Gasteiger partial charge in [-0.05, 0) is 24.8 Å². The third-order valence-corrected chi connectivity index (χ3v) is 5.28. The lowest BCUT2D eigenvalue weighted by Gasteiger charge is -2.19. The molecule has 7 heteroatoms. The summed E-state index contributed by atoms with van der Waals surface area (Å²) >= 11 is 0. The Morgan fingerprint density at radius 2 is 2.41 bits per heavy atom. The van der Waals surface area contributed by atoms with Crippen LogP contribution in [-0.4, -0.2) is 41.2 Å². The van der Waals surface area contributed by atoms with E-state index in [2.05, 4.69) is 10.1 Å². The molecule has 1 aliphatic rings. The first kappa shape index (κ1) is 12.5. The van der Waals surface area contributed by atoms with Gasteiger partial charge in [-0.25, -0.2) is 13.4 Å². The molecule has 17 heavy (non-hydrogen) atoms. The van der Waals surface area contributed by atoms with Crippen LogP contribution in [0.25, 0.3) is 0 Å². The molecule has 0 saturated carbocycles. The molecular weight excluding hydrogens is 240 g/mol. The van der Waals surface area contributed by atoms with Crippen LogP contribution in [0.2, 0.25) is 0 Å². The van der Waals surface area contributed by atoms with Crippen LogP contribution in [0.15, 0.2) is 6.33 Å². The molecule has 96 valence electrons. The molecule has 2 atom stereocenters. The van der Waals surface area contributed by atoms with Crippen molar-refractivity contribution >= 4 is 9.84 Å². The third kappa shape index (κ3) is 2.84. The van der Waals surface area contributed by atoms with Gasteiger partial charge in [-0.1, -0.05) is 0 Å². The Bertz CT molecular complexity index is 482. The van der Waals surface area contributed by atoms with E-state index in [0.29, 0.717) is 18.7 Å². The predicted molar refractivity (Wildman–Crippen MR) is 64.0 cm³/mol. The minimum absolute atomic E-state index is 0.168. The van der Waals surface area contributed by atoms with E-state index < -0.39 is 9.84 Å². The van der Waals surface area contributed by atoms with Crippen LogP contribution < -0.4 is 5.73 Å². The third-order valence-electron chi connectivity index (χ3n) is 3.49. The molecular formula is C10H18N4O2S. The monoisotopic (exact) mass is 258 g/mol. The number of rotatable bonds is 4. The molecule has 0 bridgehead atoms. The standard InChI is InChI=1S/C10H18N4O2S/c1-14-10(12-7-13-14)4-9(5-11)8-2-3-17(15,16)6-8/h7-9H,2-6,11H2,1H3. The minimum atomic E-state index is -2.84. The highest BCUT2D eigenvalue weighted by molar-refractivity contribution is 7.91. The number of aromatic nitrogens is 3. The van der Waals surface area contributed by atoms with Crippen LogP contribution in [0.5, 0.6) is 0 Å². The zero-order chi connectivity index (χ0) is 12.5. The maximum atomic E-state index is 11.5. The van der Waals surface area contributed by atoms with Crippen LogP contribution in [0.4, 0.5) is 0 Å². The second kappa shape index (κ2) is 4.73. The van der Waals surface area contributed by atoms with Gasteiger partial charge in [0.15, 0.2) is 9.84 Å². The van der Waals surface area contributed by atoms with Gasteiger partial charge in [-0.3, -0.25) is 4.68 Å². The molecule has 1 saturated heterocycles. The van der Waals surface area contributed by atoms with Crippen molar-refractivity contribution < 1.29 is 8.42 Å². The molecule has 0 radical (unpaired) electrons. The molecule has 2 heterocycles. The summed E-state index contributed by atoms with van der Waals surface area (Å²) in [6, 6.07) is 0. The molecule has 0 amide bonds.